The molecule has 3 aromatic rings. The number of likely N-dealkylation sites (tertiary alicyclic amines) is 1. The van der Waals surface area contributed by atoms with Gasteiger partial charge in [0.15, 0.2) is 0 Å². The predicted octanol–water partition coefficient (Wildman–Crippen LogP) is 4.28. The molecule has 0 saturated carbocycles. The number of fused-ring (bicyclic) bond motifs is 1. The summed E-state index contributed by atoms with van der Waals surface area (Å²) >= 11 is 0. The normalized spacial score (nSPS) is 18.3. The van der Waals surface area contributed by atoms with E-state index in [1.165, 1.54) is 23.8 Å². The maximum Gasteiger partial charge on any atom is 0.335 e. The number of carboxylic acids is 1. The second-order valence-electron chi connectivity index (χ2n) is 9.81. The first-order valence-electron chi connectivity index (χ1n) is 13.0. The van der Waals surface area contributed by atoms with Crippen LogP contribution in [0, 0.1) is 11.8 Å². The second-order valence-corrected chi connectivity index (χ2v) is 9.81. The Morgan fingerprint density at radius 3 is 2.67 bits per heavy atom. The second kappa shape index (κ2) is 13.0. The zero-order valence-corrected chi connectivity index (χ0v) is 22.3. The van der Waals surface area contributed by atoms with Gasteiger partial charge < -0.3 is 30.2 Å². The first-order chi connectivity index (χ1) is 19.2. The third-order valence-electron chi connectivity index (χ3n) is 6.79. The molecule has 1 fully saturated rings. The molecule has 214 valence electrons. The maximum absolute atomic E-state index is 15.0. The van der Waals surface area contributed by atoms with Crippen LogP contribution < -0.4 is 15.4 Å². The molecule has 40 heavy (non-hydrogen) atoms. The van der Waals surface area contributed by atoms with Gasteiger partial charge in [0.1, 0.15) is 11.9 Å². The standard InChI is InChI=1S/C29H33F3N4O4/c1-18(37)15-35-12-10-24(22(30)16-35)34-23-6-3-7-26-21(23)14-20(36(26)17-28(31)32)5-4-11-33-25-9-8-19(29(38)39)13-27(25)40-2/h3,6-9,13-14,18,22,24,28,33-34,37H,10-12,15-17H2,1-2H3,(H,38,39). The number of hydrogen-bond acceptors (Lipinski definition) is 6. The number of benzene rings is 2. The number of aromatic nitrogens is 1. The lowest BCUT2D eigenvalue weighted by molar-refractivity contribution is 0.0696. The summed E-state index contributed by atoms with van der Waals surface area (Å²) in [5.41, 5.74) is 2.23. The number of aliphatic hydroxyl groups excluding tert-OH is 1. The summed E-state index contributed by atoms with van der Waals surface area (Å²) in [6, 6.07) is 11.0. The van der Waals surface area contributed by atoms with Gasteiger partial charge in [-0.1, -0.05) is 12.0 Å². The molecule has 1 aliphatic heterocycles. The zero-order chi connectivity index (χ0) is 28.8. The molecule has 11 heteroatoms. The van der Waals surface area contributed by atoms with E-state index in [1.807, 2.05) is 4.90 Å². The van der Waals surface area contributed by atoms with Gasteiger partial charge in [0.25, 0.3) is 6.43 Å². The highest BCUT2D eigenvalue weighted by atomic mass is 19.3. The number of β-amino-alcohol motifs (C(OH)–C–C–N with tert-alkyl or cyclic N) is 1. The van der Waals surface area contributed by atoms with Crippen molar-refractivity contribution in [3.05, 3.63) is 53.7 Å². The van der Waals surface area contributed by atoms with E-state index in [0.29, 0.717) is 53.2 Å². The van der Waals surface area contributed by atoms with E-state index in [0.717, 1.165) is 0 Å². The molecule has 1 aliphatic rings. The van der Waals surface area contributed by atoms with Crippen molar-refractivity contribution >= 4 is 28.2 Å². The van der Waals surface area contributed by atoms with Crippen molar-refractivity contribution in [1.82, 2.24) is 9.47 Å². The van der Waals surface area contributed by atoms with E-state index in [-0.39, 0.29) is 18.7 Å². The van der Waals surface area contributed by atoms with Crippen LogP contribution in [0.4, 0.5) is 24.5 Å². The van der Waals surface area contributed by atoms with E-state index in [9.17, 15) is 23.1 Å². The first-order valence-corrected chi connectivity index (χ1v) is 13.0. The number of rotatable bonds is 10. The van der Waals surface area contributed by atoms with Gasteiger partial charge in [0, 0.05) is 30.7 Å². The number of carboxylic acid groups (broad SMARTS) is 1. The van der Waals surface area contributed by atoms with Crippen molar-refractivity contribution in [3.63, 3.8) is 0 Å². The number of ether oxygens (including phenoxy) is 1. The van der Waals surface area contributed by atoms with Crippen molar-refractivity contribution in [2.75, 3.05) is 43.9 Å². The van der Waals surface area contributed by atoms with E-state index < -0.39 is 37.3 Å². The Labute approximate surface area is 230 Å². The predicted molar refractivity (Wildman–Crippen MR) is 148 cm³/mol. The fourth-order valence-corrected chi connectivity index (χ4v) is 4.96. The summed E-state index contributed by atoms with van der Waals surface area (Å²) in [6.45, 7) is 2.54. The average molecular weight is 559 g/mol. The molecule has 4 rings (SSSR count). The summed E-state index contributed by atoms with van der Waals surface area (Å²) < 4.78 is 48.7. The smallest absolute Gasteiger partial charge is 0.335 e. The molecule has 8 nitrogen and oxygen atoms in total. The molecule has 4 N–H and O–H groups in total. The molecule has 0 spiro atoms. The highest BCUT2D eigenvalue weighted by molar-refractivity contribution is 5.94. The summed E-state index contributed by atoms with van der Waals surface area (Å²) in [5.74, 6) is 5.16. The molecule has 0 radical (unpaired) electrons. The molecular formula is C29H33F3N4O4. The maximum atomic E-state index is 15.0. The minimum atomic E-state index is -2.60. The van der Waals surface area contributed by atoms with Gasteiger partial charge in [-0.25, -0.2) is 18.0 Å². The largest absolute Gasteiger partial charge is 0.495 e. The topological polar surface area (TPSA) is 99.0 Å². The van der Waals surface area contributed by atoms with E-state index >= 15 is 0 Å². The lowest BCUT2D eigenvalue weighted by atomic mass is 10.0. The van der Waals surface area contributed by atoms with Crippen LogP contribution in [0.25, 0.3) is 10.9 Å². The van der Waals surface area contributed by atoms with Crippen molar-refractivity contribution in [2.45, 2.75) is 44.6 Å². The number of hydrogen-bond donors (Lipinski definition) is 4. The average Bonchev–Trinajstić information content (AvgIpc) is 3.25. The van der Waals surface area contributed by atoms with Crippen LogP contribution in [-0.4, -0.2) is 83.7 Å². The highest BCUT2D eigenvalue weighted by Gasteiger charge is 2.30. The Morgan fingerprint density at radius 2 is 2.00 bits per heavy atom. The van der Waals surface area contributed by atoms with Crippen molar-refractivity contribution in [3.8, 4) is 17.6 Å². The summed E-state index contributed by atoms with van der Waals surface area (Å²) in [7, 11) is 1.43. The van der Waals surface area contributed by atoms with Gasteiger partial charge >= 0.3 is 5.97 Å². The van der Waals surface area contributed by atoms with Gasteiger partial charge in [-0.3, -0.25) is 4.90 Å². The van der Waals surface area contributed by atoms with E-state index in [1.54, 1.807) is 37.3 Å². The van der Waals surface area contributed by atoms with Gasteiger partial charge in [0.2, 0.25) is 0 Å². The van der Waals surface area contributed by atoms with Crippen molar-refractivity contribution in [1.29, 1.82) is 0 Å². The van der Waals surface area contributed by atoms with Crippen LogP contribution in [0.3, 0.4) is 0 Å². The van der Waals surface area contributed by atoms with Crippen LogP contribution in [0.5, 0.6) is 5.75 Å². The van der Waals surface area contributed by atoms with Crippen molar-refractivity contribution in [2.24, 2.45) is 0 Å². The van der Waals surface area contributed by atoms with Crippen LogP contribution in [0.1, 0.15) is 29.4 Å². The minimum absolute atomic E-state index is 0.0822. The molecule has 0 bridgehead atoms. The molecule has 0 amide bonds. The third kappa shape index (κ3) is 7.00. The number of anilines is 2. The third-order valence-corrected chi connectivity index (χ3v) is 6.79. The van der Waals surface area contributed by atoms with Crippen LogP contribution in [0.2, 0.25) is 0 Å². The summed E-state index contributed by atoms with van der Waals surface area (Å²) in [5, 5.41) is 25.8. The molecule has 1 aromatic heterocycles. The summed E-state index contributed by atoms with van der Waals surface area (Å²) in [6.07, 6.45) is -3.75. The Morgan fingerprint density at radius 1 is 1.20 bits per heavy atom. The number of aliphatic hydroxyl groups is 1. The number of halogens is 3. The molecular weight excluding hydrogens is 525 g/mol. The molecule has 1 saturated heterocycles. The highest BCUT2D eigenvalue weighted by Crippen LogP contribution is 2.30. The number of aromatic carboxylic acids is 1. The lowest BCUT2D eigenvalue weighted by Gasteiger charge is -2.36. The van der Waals surface area contributed by atoms with E-state index in [2.05, 4.69) is 22.5 Å². The van der Waals surface area contributed by atoms with Gasteiger partial charge in [-0.2, -0.15) is 0 Å². The SMILES string of the molecule is COc1cc(C(=O)O)ccc1NCC#Cc1cc2c(NC3CCN(CC(C)O)CC3F)cccc2n1CC(F)F. The van der Waals surface area contributed by atoms with Crippen LogP contribution in [0.15, 0.2) is 42.5 Å². The summed E-state index contributed by atoms with van der Waals surface area (Å²) in [4.78, 5) is 13.1. The molecule has 3 atom stereocenters. The lowest BCUT2D eigenvalue weighted by Crippen LogP contribution is -2.49. The molecule has 3 unspecified atom stereocenters. The Balaban J connectivity index is 1.54. The number of methoxy groups -OCH3 is 1. The number of alkyl halides is 3. The molecule has 2 aromatic carbocycles. The Bertz CT molecular complexity index is 1400. The van der Waals surface area contributed by atoms with Crippen molar-refractivity contribution < 1.29 is 32.9 Å². The van der Waals surface area contributed by atoms with E-state index in [4.69, 9.17) is 9.84 Å². The number of nitrogens with zero attached hydrogens (tertiary/aromatic N) is 2. The molecule has 0 aliphatic carbocycles. The quantitative estimate of drug-likeness (QED) is 0.276. The van der Waals surface area contributed by atoms with Gasteiger partial charge in [0.05, 0.1) is 54.8 Å². The van der Waals surface area contributed by atoms with Gasteiger partial charge in [-0.15, -0.1) is 0 Å². The Kier molecular flexibility index (Phi) is 9.45. The van der Waals surface area contributed by atoms with Crippen LogP contribution >= 0.6 is 0 Å². The van der Waals surface area contributed by atoms with Crippen LogP contribution in [-0.2, 0) is 6.54 Å². The molecule has 2 heterocycles. The zero-order valence-electron chi connectivity index (χ0n) is 22.3. The minimum Gasteiger partial charge on any atom is -0.495 e. The number of nitrogens with one attached hydrogen (secondary N) is 2. The van der Waals surface area contributed by atoms with Gasteiger partial charge in [-0.05, 0) is 55.7 Å². The fourth-order valence-electron chi connectivity index (χ4n) is 4.96. The fraction of sp³-hybridized carbons (Fsp3) is 0.414. The Hall–Kier alpha value is -3.88. The number of carbonyl (C=O) groups is 1. The monoisotopic (exact) mass is 558 g/mol. The number of piperidine rings is 1. The first kappa shape index (κ1) is 29.1.